The lowest BCUT2D eigenvalue weighted by Gasteiger charge is -2.27. The molecule has 0 heterocycles. The van der Waals surface area contributed by atoms with Crippen LogP contribution in [-0.2, 0) is 4.79 Å². The zero-order valence-corrected chi connectivity index (χ0v) is 11.7. The Morgan fingerprint density at radius 3 is 2.75 bits per heavy atom. The van der Waals surface area contributed by atoms with Crippen LogP contribution in [0.2, 0.25) is 0 Å². The van der Waals surface area contributed by atoms with E-state index in [0.29, 0.717) is 6.54 Å². The first-order valence-corrected chi connectivity index (χ1v) is 6.52. The lowest BCUT2D eigenvalue weighted by atomic mass is 9.97. The Labute approximate surface area is 117 Å². The number of nitrogens with two attached hydrogens (primary N) is 1. The smallest absolute Gasteiger partial charge is 0.237 e. The summed E-state index contributed by atoms with van der Waals surface area (Å²) in [5.41, 5.74) is 4.42. The number of primary amides is 1. The molecule has 0 saturated carbocycles. The van der Waals surface area contributed by atoms with E-state index in [4.69, 9.17) is 10.5 Å². The molecule has 1 atom stereocenters. The fourth-order valence-corrected chi connectivity index (χ4v) is 1.66. The van der Waals surface area contributed by atoms with Crippen molar-refractivity contribution in [1.82, 2.24) is 5.32 Å². The molecule has 0 aliphatic heterocycles. The van der Waals surface area contributed by atoms with Gasteiger partial charge in [-0.2, -0.15) is 4.39 Å². The lowest BCUT2D eigenvalue weighted by molar-refractivity contribution is -0.124. The van der Waals surface area contributed by atoms with E-state index in [1.165, 1.54) is 12.1 Å². The molecule has 4 nitrogen and oxygen atoms in total. The highest BCUT2D eigenvalue weighted by atomic mass is 19.2. The lowest BCUT2D eigenvalue weighted by Crippen LogP contribution is -2.54. The van der Waals surface area contributed by atoms with Gasteiger partial charge in [0, 0.05) is 6.42 Å². The van der Waals surface area contributed by atoms with Gasteiger partial charge < -0.3 is 15.8 Å². The van der Waals surface area contributed by atoms with Crippen molar-refractivity contribution in [3.8, 4) is 5.75 Å². The van der Waals surface area contributed by atoms with Crippen molar-refractivity contribution in [2.24, 2.45) is 5.73 Å². The van der Waals surface area contributed by atoms with Crippen molar-refractivity contribution in [3.05, 3.63) is 29.8 Å². The minimum atomic E-state index is -1.03. The molecule has 20 heavy (non-hydrogen) atoms. The standard InChI is InChI=1S/C14H20F2N2O2/c1-3-8-18-14(2,13(17)19)7-9-20-11-6-4-5-10(15)12(11)16/h4-6,18H,3,7-9H2,1-2H3,(H2,17,19). The number of amides is 1. The van der Waals surface area contributed by atoms with Gasteiger partial charge in [0.2, 0.25) is 11.7 Å². The number of hydrogen-bond acceptors (Lipinski definition) is 3. The maximum atomic E-state index is 13.4. The number of hydrogen-bond donors (Lipinski definition) is 2. The third kappa shape index (κ3) is 4.16. The molecule has 1 amide bonds. The van der Waals surface area contributed by atoms with Gasteiger partial charge in [0.1, 0.15) is 0 Å². The maximum Gasteiger partial charge on any atom is 0.237 e. The summed E-state index contributed by atoms with van der Waals surface area (Å²) < 4.78 is 31.5. The molecule has 1 unspecified atom stereocenters. The molecule has 6 heteroatoms. The van der Waals surface area contributed by atoms with Crippen LogP contribution in [0.5, 0.6) is 5.75 Å². The second kappa shape index (κ2) is 7.19. The van der Waals surface area contributed by atoms with Crippen LogP contribution in [0.1, 0.15) is 26.7 Å². The molecule has 0 fully saturated rings. The monoisotopic (exact) mass is 286 g/mol. The van der Waals surface area contributed by atoms with Crippen LogP contribution in [0.4, 0.5) is 8.78 Å². The number of carbonyl (C=O) groups is 1. The summed E-state index contributed by atoms with van der Waals surface area (Å²) in [5.74, 6) is -2.68. The number of halogens is 2. The molecule has 1 aromatic rings. The SMILES string of the molecule is CCCNC(C)(CCOc1cccc(F)c1F)C(N)=O. The van der Waals surface area contributed by atoms with E-state index < -0.39 is 23.1 Å². The first-order chi connectivity index (χ1) is 9.40. The van der Waals surface area contributed by atoms with Gasteiger partial charge in [0.05, 0.1) is 12.1 Å². The minimum Gasteiger partial charge on any atom is -0.490 e. The number of nitrogens with one attached hydrogen (secondary N) is 1. The van der Waals surface area contributed by atoms with Crippen LogP contribution in [-0.4, -0.2) is 24.6 Å². The number of ether oxygens (including phenoxy) is 1. The Bertz CT molecular complexity index is 468. The highest BCUT2D eigenvalue weighted by Crippen LogP contribution is 2.20. The molecule has 0 bridgehead atoms. The molecule has 1 aromatic carbocycles. The molecule has 112 valence electrons. The van der Waals surface area contributed by atoms with Gasteiger partial charge in [-0.25, -0.2) is 4.39 Å². The predicted molar refractivity (Wildman–Crippen MR) is 72.4 cm³/mol. The average molecular weight is 286 g/mol. The summed E-state index contributed by atoms with van der Waals surface area (Å²) >= 11 is 0. The summed E-state index contributed by atoms with van der Waals surface area (Å²) in [6, 6.07) is 3.70. The second-order valence-electron chi connectivity index (χ2n) is 4.77. The zero-order valence-electron chi connectivity index (χ0n) is 11.7. The van der Waals surface area contributed by atoms with Crippen molar-refractivity contribution in [3.63, 3.8) is 0 Å². The topological polar surface area (TPSA) is 64.3 Å². The maximum absolute atomic E-state index is 13.4. The highest BCUT2D eigenvalue weighted by molar-refractivity contribution is 5.84. The van der Waals surface area contributed by atoms with Crippen LogP contribution in [0, 0.1) is 11.6 Å². The van der Waals surface area contributed by atoms with Crippen LogP contribution in [0.15, 0.2) is 18.2 Å². The first kappa shape index (κ1) is 16.4. The largest absolute Gasteiger partial charge is 0.490 e. The van der Waals surface area contributed by atoms with E-state index in [-0.39, 0.29) is 18.8 Å². The van der Waals surface area contributed by atoms with Crippen LogP contribution in [0.3, 0.4) is 0 Å². The third-order valence-corrected chi connectivity index (χ3v) is 3.08. The minimum absolute atomic E-state index is 0.0521. The summed E-state index contributed by atoms with van der Waals surface area (Å²) in [7, 11) is 0. The van der Waals surface area contributed by atoms with E-state index >= 15 is 0 Å². The average Bonchev–Trinajstić information content (AvgIpc) is 2.41. The van der Waals surface area contributed by atoms with Gasteiger partial charge >= 0.3 is 0 Å². The van der Waals surface area contributed by atoms with E-state index in [9.17, 15) is 13.6 Å². The van der Waals surface area contributed by atoms with E-state index in [1.807, 2.05) is 6.92 Å². The summed E-state index contributed by atoms with van der Waals surface area (Å²) in [6.45, 7) is 4.31. The zero-order chi connectivity index (χ0) is 15.2. The van der Waals surface area contributed by atoms with E-state index in [1.54, 1.807) is 6.92 Å². The van der Waals surface area contributed by atoms with Gasteiger partial charge in [0.25, 0.3) is 0 Å². The quantitative estimate of drug-likeness (QED) is 0.768. The Kier molecular flexibility index (Phi) is 5.88. The van der Waals surface area contributed by atoms with Gasteiger partial charge in [0.15, 0.2) is 11.6 Å². The number of rotatable bonds is 8. The molecule has 0 aromatic heterocycles. The Balaban J connectivity index is 2.60. The van der Waals surface area contributed by atoms with Crippen LogP contribution >= 0.6 is 0 Å². The third-order valence-electron chi connectivity index (χ3n) is 3.08. The van der Waals surface area contributed by atoms with Crippen molar-refractivity contribution in [1.29, 1.82) is 0 Å². The fourth-order valence-electron chi connectivity index (χ4n) is 1.66. The Morgan fingerprint density at radius 2 is 2.15 bits per heavy atom. The second-order valence-corrected chi connectivity index (χ2v) is 4.77. The molecular formula is C14H20F2N2O2. The Morgan fingerprint density at radius 1 is 1.45 bits per heavy atom. The number of benzene rings is 1. The fraction of sp³-hybridized carbons (Fsp3) is 0.500. The Hall–Kier alpha value is -1.69. The predicted octanol–water partition coefficient (Wildman–Crippen LogP) is 1.98. The molecular weight excluding hydrogens is 266 g/mol. The molecule has 0 aliphatic rings. The van der Waals surface area contributed by atoms with Gasteiger partial charge in [-0.3, -0.25) is 4.79 Å². The van der Waals surface area contributed by atoms with Crippen molar-refractivity contribution < 1.29 is 18.3 Å². The molecule has 0 aliphatic carbocycles. The van der Waals surface area contributed by atoms with Gasteiger partial charge in [-0.15, -0.1) is 0 Å². The van der Waals surface area contributed by atoms with Crippen molar-refractivity contribution in [2.75, 3.05) is 13.2 Å². The van der Waals surface area contributed by atoms with Crippen molar-refractivity contribution >= 4 is 5.91 Å². The van der Waals surface area contributed by atoms with Crippen molar-refractivity contribution in [2.45, 2.75) is 32.2 Å². The van der Waals surface area contributed by atoms with Crippen LogP contribution < -0.4 is 15.8 Å². The summed E-state index contributed by atoms with van der Waals surface area (Å²) in [4.78, 5) is 11.5. The van der Waals surface area contributed by atoms with Crippen LogP contribution in [0.25, 0.3) is 0 Å². The van der Waals surface area contributed by atoms with Gasteiger partial charge in [-0.05, 0) is 32.0 Å². The number of carbonyl (C=O) groups excluding carboxylic acids is 1. The molecule has 1 rings (SSSR count). The normalized spacial score (nSPS) is 13.8. The summed E-state index contributed by atoms with van der Waals surface area (Å²) in [6.07, 6.45) is 1.11. The molecule has 3 N–H and O–H groups in total. The first-order valence-electron chi connectivity index (χ1n) is 6.52. The van der Waals surface area contributed by atoms with E-state index in [2.05, 4.69) is 5.32 Å². The van der Waals surface area contributed by atoms with E-state index in [0.717, 1.165) is 12.5 Å². The summed E-state index contributed by atoms with van der Waals surface area (Å²) in [5, 5.41) is 3.04. The molecule has 0 spiro atoms. The molecule has 0 saturated heterocycles. The highest BCUT2D eigenvalue weighted by Gasteiger charge is 2.30. The molecule has 0 radical (unpaired) electrons. The van der Waals surface area contributed by atoms with Gasteiger partial charge in [-0.1, -0.05) is 13.0 Å².